The van der Waals surface area contributed by atoms with Crippen LogP contribution >= 0.6 is 11.8 Å². The number of benzene rings is 4. The van der Waals surface area contributed by atoms with Gasteiger partial charge in [0.25, 0.3) is 13.9 Å². The molecule has 2 aromatic heterocycles. The zero-order valence-electron chi connectivity index (χ0n) is 30.1. The minimum absolute atomic E-state index is 0.110. The van der Waals surface area contributed by atoms with Crippen LogP contribution in [0.5, 0.6) is 0 Å². The van der Waals surface area contributed by atoms with Crippen LogP contribution in [0.3, 0.4) is 0 Å². The Balaban J connectivity index is 1.38. The molecule has 9 heteroatoms. The van der Waals surface area contributed by atoms with Crippen molar-refractivity contribution in [3.8, 4) is 5.69 Å². The molecule has 0 aliphatic carbocycles. The van der Waals surface area contributed by atoms with E-state index in [1.807, 2.05) is 42.4 Å². The highest BCUT2D eigenvalue weighted by Gasteiger charge is 2.50. The molecule has 0 aliphatic rings. The van der Waals surface area contributed by atoms with Crippen LogP contribution in [0.15, 0.2) is 132 Å². The van der Waals surface area contributed by atoms with Crippen LogP contribution in [0.25, 0.3) is 5.69 Å². The fourth-order valence-electron chi connectivity index (χ4n) is 7.14. The minimum Gasteiger partial charge on any atom is -0.407 e. The van der Waals surface area contributed by atoms with E-state index >= 15 is 0 Å². The van der Waals surface area contributed by atoms with Gasteiger partial charge in [0, 0.05) is 36.7 Å². The number of rotatable bonds is 12. The van der Waals surface area contributed by atoms with Gasteiger partial charge in [0.05, 0.1) is 18.1 Å². The zero-order chi connectivity index (χ0) is 36.2. The third kappa shape index (κ3) is 7.56. The molecule has 262 valence electrons. The van der Waals surface area contributed by atoms with Gasteiger partial charge in [-0.05, 0) is 76.8 Å². The molecule has 0 saturated carbocycles. The molecule has 0 radical (unpaired) electrons. The first kappa shape index (κ1) is 36.2. The normalized spacial score (nSPS) is 12.6. The van der Waals surface area contributed by atoms with E-state index in [0.29, 0.717) is 30.2 Å². The SMILES string of the molecule is CSc1ncc(Cc2ccc(-n3cnc(C)c3)c(C)c2)c(=O)n1[C@H](CCO[Si](c1ccccc1)(c1ccccc1)C(C)(C)C)c1ccc(F)cc1. The summed E-state index contributed by atoms with van der Waals surface area (Å²) in [6.07, 6.45) is 8.37. The van der Waals surface area contributed by atoms with Gasteiger partial charge >= 0.3 is 0 Å². The number of hydrogen-bond acceptors (Lipinski definition) is 5. The number of imidazole rings is 1. The Kier molecular flexibility index (Phi) is 10.9. The van der Waals surface area contributed by atoms with Crippen LogP contribution in [-0.4, -0.2) is 40.3 Å². The van der Waals surface area contributed by atoms with Gasteiger partial charge in [0.1, 0.15) is 5.82 Å². The molecule has 6 aromatic rings. The van der Waals surface area contributed by atoms with Crippen molar-refractivity contribution in [2.75, 3.05) is 12.9 Å². The molecule has 0 saturated heterocycles. The summed E-state index contributed by atoms with van der Waals surface area (Å²) in [5.74, 6) is -0.324. The summed E-state index contributed by atoms with van der Waals surface area (Å²) in [6, 6.07) is 33.3. The molecule has 0 bridgehead atoms. The van der Waals surface area contributed by atoms with Crippen molar-refractivity contribution in [2.45, 2.75) is 63.7 Å². The summed E-state index contributed by atoms with van der Waals surface area (Å²) in [6.45, 7) is 11.2. The molecule has 6 rings (SSSR count). The van der Waals surface area contributed by atoms with E-state index in [1.165, 1.54) is 34.3 Å². The van der Waals surface area contributed by atoms with Gasteiger partial charge in [-0.25, -0.2) is 14.4 Å². The van der Waals surface area contributed by atoms with E-state index in [4.69, 9.17) is 9.41 Å². The fourth-order valence-corrected chi connectivity index (χ4v) is 12.3. The average molecular weight is 717 g/mol. The molecular weight excluding hydrogens is 672 g/mol. The molecule has 4 aromatic carbocycles. The second-order valence-electron chi connectivity index (χ2n) is 14.0. The van der Waals surface area contributed by atoms with Gasteiger partial charge in [0.2, 0.25) is 0 Å². The van der Waals surface area contributed by atoms with Crippen LogP contribution in [0.1, 0.15) is 61.2 Å². The maximum atomic E-state index is 14.6. The first-order valence-electron chi connectivity index (χ1n) is 17.3. The second kappa shape index (κ2) is 15.4. The van der Waals surface area contributed by atoms with Crippen LogP contribution in [0, 0.1) is 19.7 Å². The predicted octanol–water partition coefficient (Wildman–Crippen LogP) is 8.05. The number of halogens is 1. The molecular formula is C42H45FN4O2SSi. The lowest BCUT2D eigenvalue weighted by Crippen LogP contribution is -2.66. The Labute approximate surface area is 305 Å². The van der Waals surface area contributed by atoms with Crippen molar-refractivity contribution in [1.82, 2.24) is 19.1 Å². The molecule has 0 N–H and O–H groups in total. The number of hydrogen-bond donors (Lipinski definition) is 0. The molecule has 0 aliphatic heterocycles. The highest BCUT2D eigenvalue weighted by molar-refractivity contribution is 7.98. The molecule has 0 spiro atoms. The highest BCUT2D eigenvalue weighted by Crippen LogP contribution is 2.37. The lowest BCUT2D eigenvalue weighted by molar-refractivity contribution is 0.267. The van der Waals surface area contributed by atoms with E-state index in [2.05, 4.69) is 99.4 Å². The van der Waals surface area contributed by atoms with Gasteiger partial charge in [-0.15, -0.1) is 0 Å². The van der Waals surface area contributed by atoms with Crippen molar-refractivity contribution in [2.24, 2.45) is 0 Å². The molecule has 2 heterocycles. The third-order valence-electron chi connectivity index (χ3n) is 9.55. The Morgan fingerprint density at radius 1 is 0.882 bits per heavy atom. The van der Waals surface area contributed by atoms with Gasteiger partial charge in [-0.1, -0.05) is 117 Å². The molecule has 0 amide bonds. The predicted molar refractivity (Wildman–Crippen MR) is 209 cm³/mol. The largest absolute Gasteiger partial charge is 0.407 e. The maximum Gasteiger partial charge on any atom is 0.261 e. The monoisotopic (exact) mass is 716 g/mol. The van der Waals surface area contributed by atoms with Crippen LogP contribution < -0.4 is 15.9 Å². The van der Waals surface area contributed by atoms with Crippen molar-refractivity contribution in [3.63, 3.8) is 0 Å². The smallest absolute Gasteiger partial charge is 0.261 e. The standard InChI is InChI=1S/C42H45FN4O2SSi/c1-30-25-32(17-22-38(30)46-28-31(2)45-29-46)26-34-27-44-41(50-6)47(40(34)48)39(33-18-20-35(43)21-19-33)23-24-49-51(42(3,4)5,36-13-9-7-10-14-36)37-15-11-8-12-16-37/h7-22,25,27-29,39H,23-24,26H2,1-6H3/t39-/m1/s1. The van der Waals surface area contributed by atoms with E-state index in [1.54, 1.807) is 22.9 Å². The number of nitrogens with zero attached hydrogens (tertiary/aromatic N) is 4. The maximum absolute atomic E-state index is 14.6. The summed E-state index contributed by atoms with van der Waals surface area (Å²) in [5.41, 5.74) is 5.41. The minimum atomic E-state index is -2.83. The van der Waals surface area contributed by atoms with E-state index in [-0.39, 0.29) is 16.4 Å². The topological polar surface area (TPSA) is 61.9 Å². The average Bonchev–Trinajstić information content (AvgIpc) is 3.56. The number of aryl methyl sites for hydroxylation is 2. The van der Waals surface area contributed by atoms with Crippen molar-refractivity contribution < 1.29 is 8.82 Å². The first-order valence-corrected chi connectivity index (χ1v) is 20.4. The van der Waals surface area contributed by atoms with Crippen molar-refractivity contribution >= 4 is 30.5 Å². The van der Waals surface area contributed by atoms with E-state index in [9.17, 15) is 9.18 Å². The number of thioether (sulfide) groups is 1. The van der Waals surface area contributed by atoms with Gasteiger partial charge in [-0.3, -0.25) is 9.36 Å². The van der Waals surface area contributed by atoms with Crippen LogP contribution in [0.2, 0.25) is 5.04 Å². The Morgan fingerprint density at radius 2 is 1.53 bits per heavy atom. The number of aromatic nitrogens is 4. The Hall–Kier alpha value is -4.57. The Bertz CT molecular complexity index is 2110. The summed E-state index contributed by atoms with van der Waals surface area (Å²) >= 11 is 1.43. The lowest BCUT2D eigenvalue weighted by Gasteiger charge is -2.43. The molecule has 51 heavy (non-hydrogen) atoms. The molecule has 6 nitrogen and oxygen atoms in total. The highest BCUT2D eigenvalue weighted by atomic mass is 32.2. The van der Waals surface area contributed by atoms with Gasteiger partial charge < -0.3 is 8.99 Å². The van der Waals surface area contributed by atoms with Gasteiger partial charge in [0.15, 0.2) is 5.16 Å². The summed E-state index contributed by atoms with van der Waals surface area (Å²) in [7, 11) is -2.83. The second-order valence-corrected chi connectivity index (χ2v) is 19.1. The molecule has 0 fully saturated rings. The van der Waals surface area contributed by atoms with E-state index in [0.717, 1.165) is 28.1 Å². The quantitative estimate of drug-likeness (QED) is 0.0729. The van der Waals surface area contributed by atoms with Crippen molar-refractivity contribution in [1.29, 1.82) is 0 Å². The first-order chi connectivity index (χ1) is 24.5. The van der Waals surface area contributed by atoms with Gasteiger partial charge in [-0.2, -0.15) is 0 Å². The Morgan fingerprint density at radius 3 is 2.08 bits per heavy atom. The van der Waals surface area contributed by atoms with Crippen molar-refractivity contribution in [3.05, 3.63) is 166 Å². The lowest BCUT2D eigenvalue weighted by atomic mass is 10.0. The third-order valence-corrected chi connectivity index (χ3v) is 15.3. The van der Waals surface area contributed by atoms with E-state index < -0.39 is 14.4 Å². The zero-order valence-corrected chi connectivity index (χ0v) is 32.0. The fraction of sp³-hybridized carbons (Fsp3) is 0.262. The summed E-state index contributed by atoms with van der Waals surface area (Å²) in [5, 5.41) is 2.79. The molecule has 1 atom stereocenters. The van der Waals surface area contributed by atoms with Crippen LogP contribution in [0.4, 0.5) is 4.39 Å². The van der Waals surface area contributed by atoms with Crippen LogP contribution in [-0.2, 0) is 10.8 Å². The summed E-state index contributed by atoms with van der Waals surface area (Å²) in [4.78, 5) is 23.7. The summed E-state index contributed by atoms with van der Waals surface area (Å²) < 4.78 is 25.3. The molecule has 0 unspecified atom stereocenters.